The maximum Gasteiger partial charge on any atom is 0.237 e. The summed E-state index contributed by atoms with van der Waals surface area (Å²) in [6.07, 6.45) is 1.93. The second kappa shape index (κ2) is 8.67. The highest BCUT2D eigenvalue weighted by atomic mass is 16.2. The number of carbonyl (C=O) groups is 1. The van der Waals surface area contributed by atoms with Gasteiger partial charge in [-0.2, -0.15) is 0 Å². The van der Waals surface area contributed by atoms with Gasteiger partial charge in [-0.3, -0.25) is 9.69 Å². The minimum atomic E-state index is -0.157. The zero-order valence-corrected chi connectivity index (χ0v) is 13.7. The third-order valence-electron chi connectivity index (χ3n) is 4.09. The van der Waals surface area contributed by atoms with E-state index in [1.54, 1.807) is 0 Å². The van der Waals surface area contributed by atoms with E-state index in [1.165, 1.54) is 0 Å². The lowest BCUT2D eigenvalue weighted by Gasteiger charge is -2.29. The maximum absolute atomic E-state index is 12.4. The zero-order chi connectivity index (χ0) is 15.8. The molecule has 0 saturated carbocycles. The van der Waals surface area contributed by atoms with Crippen LogP contribution in [0, 0.1) is 0 Å². The van der Waals surface area contributed by atoms with E-state index in [4.69, 9.17) is 5.73 Å². The van der Waals surface area contributed by atoms with Crippen molar-refractivity contribution >= 4 is 11.6 Å². The standard InChI is InChI=1S/C17H29N3O/c1-5-15(6-2)19-17(21)13(4)20(7-3)12-14-10-8-9-11-16(14)18/h8-11,13,15H,5-7,12,18H2,1-4H3,(H,19,21). The fraction of sp³-hybridized carbons (Fsp3) is 0.588. The Morgan fingerprint density at radius 3 is 2.38 bits per heavy atom. The number of hydrogen-bond acceptors (Lipinski definition) is 3. The Balaban J connectivity index is 2.70. The van der Waals surface area contributed by atoms with Gasteiger partial charge in [-0.15, -0.1) is 0 Å². The number of nitrogens with one attached hydrogen (secondary N) is 1. The Kier molecular flexibility index (Phi) is 7.23. The lowest BCUT2D eigenvalue weighted by atomic mass is 10.1. The molecule has 1 unspecified atom stereocenters. The highest BCUT2D eigenvalue weighted by molar-refractivity contribution is 5.81. The van der Waals surface area contributed by atoms with Crippen molar-refractivity contribution in [2.24, 2.45) is 0 Å². The Hall–Kier alpha value is -1.55. The highest BCUT2D eigenvalue weighted by Gasteiger charge is 2.22. The number of nitrogen functional groups attached to an aromatic ring is 1. The summed E-state index contributed by atoms with van der Waals surface area (Å²) in [5, 5.41) is 3.12. The van der Waals surface area contributed by atoms with Crippen LogP contribution in [0.3, 0.4) is 0 Å². The molecule has 1 aromatic rings. The summed E-state index contributed by atoms with van der Waals surface area (Å²) in [6.45, 7) is 9.73. The number of anilines is 1. The minimum absolute atomic E-state index is 0.0973. The van der Waals surface area contributed by atoms with Crippen LogP contribution in [0.25, 0.3) is 0 Å². The van der Waals surface area contributed by atoms with Crippen LogP contribution in [-0.4, -0.2) is 29.4 Å². The Morgan fingerprint density at radius 1 is 1.24 bits per heavy atom. The molecule has 1 rings (SSSR count). The van der Waals surface area contributed by atoms with Crippen LogP contribution in [0.4, 0.5) is 5.69 Å². The van der Waals surface area contributed by atoms with Crippen LogP contribution >= 0.6 is 0 Å². The van der Waals surface area contributed by atoms with Crippen LogP contribution < -0.4 is 11.1 Å². The first kappa shape index (κ1) is 17.5. The second-order valence-electron chi connectivity index (χ2n) is 5.46. The monoisotopic (exact) mass is 291 g/mol. The molecule has 0 saturated heterocycles. The van der Waals surface area contributed by atoms with Crippen LogP contribution in [0.15, 0.2) is 24.3 Å². The molecule has 0 aliphatic heterocycles. The molecule has 1 aromatic carbocycles. The average molecular weight is 291 g/mol. The molecule has 0 aliphatic carbocycles. The number of benzene rings is 1. The van der Waals surface area contributed by atoms with E-state index in [1.807, 2.05) is 31.2 Å². The van der Waals surface area contributed by atoms with Crippen molar-refractivity contribution in [1.29, 1.82) is 0 Å². The topological polar surface area (TPSA) is 58.4 Å². The van der Waals surface area contributed by atoms with Gasteiger partial charge in [0.2, 0.25) is 5.91 Å². The van der Waals surface area contributed by atoms with Gasteiger partial charge < -0.3 is 11.1 Å². The van der Waals surface area contributed by atoms with Crippen molar-refractivity contribution in [2.45, 2.75) is 59.2 Å². The minimum Gasteiger partial charge on any atom is -0.398 e. The molecular formula is C17H29N3O. The van der Waals surface area contributed by atoms with Crippen molar-refractivity contribution in [2.75, 3.05) is 12.3 Å². The first-order chi connectivity index (χ1) is 10.0. The number of rotatable bonds is 8. The fourth-order valence-electron chi connectivity index (χ4n) is 2.40. The van der Waals surface area contributed by atoms with Crippen LogP contribution in [-0.2, 0) is 11.3 Å². The second-order valence-corrected chi connectivity index (χ2v) is 5.46. The van der Waals surface area contributed by atoms with Crippen LogP contribution in [0.2, 0.25) is 0 Å². The number of hydrogen-bond donors (Lipinski definition) is 2. The molecule has 0 bridgehead atoms. The quantitative estimate of drug-likeness (QED) is 0.724. The summed E-state index contributed by atoms with van der Waals surface area (Å²) in [7, 11) is 0. The van der Waals surface area contributed by atoms with Gasteiger partial charge in [0.1, 0.15) is 0 Å². The normalized spacial score (nSPS) is 12.7. The summed E-state index contributed by atoms with van der Waals surface area (Å²) < 4.78 is 0. The molecule has 1 atom stereocenters. The molecule has 118 valence electrons. The molecule has 0 spiro atoms. The van der Waals surface area contributed by atoms with E-state index in [0.717, 1.165) is 30.6 Å². The molecule has 21 heavy (non-hydrogen) atoms. The summed E-state index contributed by atoms with van der Waals surface area (Å²) in [5.41, 5.74) is 7.85. The van der Waals surface area contributed by atoms with Gasteiger partial charge in [0.15, 0.2) is 0 Å². The first-order valence-corrected chi connectivity index (χ1v) is 7.91. The third-order valence-corrected chi connectivity index (χ3v) is 4.09. The molecule has 1 amide bonds. The predicted molar refractivity (Wildman–Crippen MR) is 88.9 cm³/mol. The summed E-state index contributed by atoms with van der Waals surface area (Å²) in [5.74, 6) is 0.0973. The van der Waals surface area contributed by atoms with E-state index < -0.39 is 0 Å². The number of nitrogens with two attached hydrogens (primary N) is 1. The van der Waals surface area contributed by atoms with Crippen LogP contribution in [0.1, 0.15) is 46.1 Å². The fourth-order valence-corrected chi connectivity index (χ4v) is 2.40. The maximum atomic E-state index is 12.4. The summed E-state index contributed by atoms with van der Waals surface area (Å²) >= 11 is 0. The summed E-state index contributed by atoms with van der Waals surface area (Å²) in [4.78, 5) is 14.5. The Morgan fingerprint density at radius 2 is 1.86 bits per heavy atom. The Bertz CT molecular complexity index is 443. The number of carbonyl (C=O) groups excluding carboxylic acids is 1. The Labute approximate surface area is 128 Å². The van der Waals surface area contributed by atoms with Gasteiger partial charge >= 0.3 is 0 Å². The van der Waals surface area contributed by atoms with E-state index in [-0.39, 0.29) is 18.0 Å². The molecule has 0 aromatic heterocycles. The zero-order valence-electron chi connectivity index (χ0n) is 13.7. The van der Waals surface area contributed by atoms with Crippen LogP contribution in [0.5, 0.6) is 0 Å². The van der Waals surface area contributed by atoms with Gasteiger partial charge in [-0.25, -0.2) is 0 Å². The SMILES string of the molecule is CCC(CC)NC(=O)C(C)N(CC)Cc1ccccc1N. The van der Waals surface area contributed by atoms with E-state index in [9.17, 15) is 4.79 Å². The van der Waals surface area contributed by atoms with E-state index in [2.05, 4.69) is 31.0 Å². The van der Waals surface area contributed by atoms with Crippen molar-refractivity contribution in [3.8, 4) is 0 Å². The summed E-state index contributed by atoms with van der Waals surface area (Å²) in [6, 6.07) is 7.93. The van der Waals surface area contributed by atoms with E-state index >= 15 is 0 Å². The van der Waals surface area contributed by atoms with Crippen molar-refractivity contribution in [3.05, 3.63) is 29.8 Å². The van der Waals surface area contributed by atoms with Gasteiger partial charge in [-0.05, 0) is 37.9 Å². The van der Waals surface area contributed by atoms with Gasteiger partial charge in [0.25, 0.3) is 0 Å². The molecule has 4 heteroatoms. The number of nitrogens with zero attached hydrogens (tertiary/aromatic N) is 1. The molecule has 0 heterocycles. The third kappa shape index (κ3) is 5.05. The highest BCUT2D eigenvalue weighted by Crippen LogP contribution is 2.15. The average Bonchev–Trinajstić information content (AvgIpc) is 2.50. The van der Waals surface area contributed by atoms with Crippen molar-refractivity contribution < 1.29 is 4.79 Å². The number of likely N-dealkylation sites (N-methyl/N-ethyl adjacent to an activating group) is 1. The van der Waals surface area contributed by atoms with Gasteiger partial charge in [0, 0.05) is 18.3 Å². The molecule has 3 N–H and O–H groups in total. The molecule has 4 nitrogen and oxygen atoms in total. The first-order valence-electron chi connectivity index (χ1n) is 7.91. The molecule has 0 radical (unpaired) electrons. The molecule has 0 fully saturated rings. The van der Waals surface area contributed by atoms with Gasteiger partial charge in [0.05, 0.1) is 6.04 Å². The van der Waals surface area contributed by atoms with Crippen molar-refractivity contribution in [3.63, 3.8) is 0 Å². The molecular weight excluding hydrogens is 262 g/mol. The van der Waals surface area contributed by atoms with Crippen molar-refractivity contribution in [1.82, 2.24) is 10.2 Å². The smallest absolute Gasteiger partial charge is 0.237 e. The predicted octanol–water partition coefficient (Wildman–Crippen LogP) is 2.78. The van der Waals surface area contributed by atoms with Gasteiger partial charge in [-0.1, -0.05) is 39.0 Å². The molecule has 0 aliphatic rings. The largest absolute Gasteiger partial charge is 0.398 e. The number of para-hydroxylation sites is 1. The number of amides is 1. The lowest BCUT2D eigenvalue weighted by Crippen LogP contribution is -2.47. The lowest BCUT2D eigenvalue weighted by molar-refractivity contribution is -0.126. The van der Waals surface area contributed by atoms with E-state index in [0.29, 0.717) is 6.54 Å².